The maximum absolute atomic E-state index is 12.8. The lowest BCUT2D eigenvalue weighted by Crippen LogP contribution is -2.51. The van der Waals surface area contributed by atoms with Crippen LogP contribution in [0.15, 0.2) is 66.4 Å². The maximum atomic E-state index is 12.8. The van der Waals surface area contributed by atoms with Gasteiger partial charge in [0, 0.05) is 24.0 Å². The van der Waals surface area contributed by atoms with E-state index in [1.807, 2.05) is 30.3 Å². The summed E-state index contributed by atoms with van der Waals surface area (Å²) < 4.78 is 38.4. The highest BCUT2D eigenvalue weighted by Crippen LogP contribution is 2.32. The van der Waals surface area contributed by atoms with Crippen LogP contribution in [0.5, 0.6) is 0 Å². The third kappa shape index (κ3) is 4.79. The smallest absolute Gasteiger partial charge is 0.361 e. The zero-order valence-electron chi connectivity index (χ0n) is 17.2. The fourth-order valence-corrected chi connectivity index (χ4v) is 3.59. The Labute approximate surface area is 184 Å². The summed E-state index contributed by atoms with van der Waals surface area (Å²) in [7, 11) is 0. The SMILES string of the molecule is NCCCNCc1ccc(N2C=C3C=C(c4ccc(C(F)(F)F)cc4)NC3NC2=O)cc1. The van der Waals surface area contributed by atoms with Crippen molar-refractivity contribution in [2.75, 3.05) is 18.0 Å². The van der Waals surface area contributed by atoms with Crippen molar-refractivity contribution in [1.82, 2.24) is 16.0 Å². The first-order valence-electron chi connectivity index (χ1n) is 10.3. The number of benzene rings is 2. The molecule has 2 aliphatic rings. The van der Waals surface area contributed by atoms with Gasteiger partial charge in [-0.25, -0.2) is 4.79 Å². The quantitative estimate of drug-likeness (QED) is 0.494. The Kier molecular flexibility index (Phi) is 6.20. The van der Waals surface area contributed by atoms with E-state index in [1.54, 1.807) is 6.20 Å². The number of hydrogen-bond donors (Lipinski definition) is 4. The number of rotatable bonds is 7. The molecule has 0 fully saturated rings. The van der Waals surface area contributed by atoms with Crippen molar-refractivity contribution in [1.29, 1.82) is 0 Å². The Bertz CT molecular complexity index is 1030. The van der Waals surface area contributed by atoms with Crippen LogP contribution in [0.2, 0.25) is 0 Å². The Morgan fingerprint density at radius 1 is 1.03 bits per heavy atom. The van der Waals surface area contributed by atoms with Gasteiger partial charge >= 0.3 is 12.2 Å². The van der Waals surface area contributed by atoms with Gasteiger partial charge in [0.2, 0.25) is 0 Å². The summed E-state index contributed by atoms with van der Waals surface area (Å²) in [4.78, 5) is 14.1. The summed E-state index contributed by atoms with van der Waals surface area (Å²) in [5.74, 6) is 0. The predicted molar refractivity (Wildman–Crippen MR) is 117 cm³/mol. The number of halogens is 3. The molecular weight excluding hydrogens is 419 g/mol. The molecule has 0 bridgehead atoms. The zero-order chi connectivity index (χ0) is 22.7. The zero-order valence-corrected chi connectivity index (χ0v) is 17.2. The Balaban J connectivity index is 1.48. The van der Waals surface area contributed by atoms with Crippen molar-refractivity contribution in [2.45, 2.75) is 25.3 Å². The fourth-order valence-electron chi connectivity index (χ4n) is 3.59. The molecule has 4 rings (SSSR count). The van der Waals surface area contributed by atoms with E-state index in [9.17, 15) is 18.0 Å². The van der Waals surface area contributed by atoms with Gasteiger partial charge in [-0.2, -0.15) is 13.2 Å². The van der Waals surface area contributed by atoms with E-state index >= 15 is 0 Å². The van der Waals surface area contributed by atoms with Gasteiger partial charge in [-0.3, -0.25) is 4.90 Å². The number of nitrogens with one attached hydrogen (secondary N) is 3. The van der Waals surface area contributed by atoms with Gasteiger partial charge in [-0.05, 0) is 61.0 Å². The van der Waals surface area contributed by atoms with Crippen molar-refractivity contribution in [3.8, 4) is 0 Å². The average molecular weight is 443 g/mol. The predicted octanol–water partition coefficient (Wildman–Crippen LogP) is 3.53. The number of nitrogens with zero attached hydrogens (tertiary/aromatic N) is 1. The molecule has 0 radical (unpaired) electrons. The van der Waals surface area contributed by atoms with Crippen LogP contribution < -0.4 is 26.6 Å². The van der Waals surface area contributed by atoms with Crippen molar-refractivity contribution < 1.29 is 18.0 Å². The van der Waals surface area contributed by atoms with Gasteiger partial charge in [-0.1, -0.05) is 24.3 Å². The lowest BCUT2D eigenvalue weighted by molar-refractivity contribution is -0.137. The van der Waals surface area contributed by atoms with Crippen molar-refractivity contribution in [3.63, 3.8) is 0 Å². The second-order valence-electron chi connectivity index (χ2n) is 7.64. The summed E-state index contributed by atoms with van der Waals surface area (Å²) in [6.45, 7) is 2.22. The number of carbonyl (C=O) groups excluding carboxylic acids is 1. The van der Waals surface area contributed by atoms with E-state index in [2.05, 4.69) is 16.0 Å². The second-order valence-corrected chi connectivity index (χ2v) is 7.64. The first kappa shape index (κ1) is 21.9. The molecule has 2 amide bonds. The summed E-state index contributed by atoms with van der Waals surface area (Å²) in [6.07, 6.45) is -0.326. The van der Waals surface area contributed by atoms with E-state index in [4.69, 9.17) is 5.73 Å². The number of anilines is 1. The minimum Gasteiger partial charge on any atom is -0.361 e. The third-order valence-electron chi connectivity index (χ3n) is 5.33. The molecule has 2 aliphatic heterocycles. The summed E-state index contributed by atoms with van der Waals surface area (Å²) in [5, 5.41) is 9.33. The van der Waals surface area contributed by atoms with Gasteiger partial charge in [0.25, 0.3) is 0 Å². The van der Waals surface area contributed by atoms with Crippen LogP contribution in [-0.2, 0) is 12.7 Å². The van der Waals surface area contributed by atoms with Crippen molar-refractivity contribution in [3.05, 3.63) is 83.1 Å². The molecule has 6 nitrogen and oxygen atoms in total. The van der Waals surface area contributed by atoms with E-state index in [0.717, 1.165) is 48.5 Å². The standard InChI is InChI=1S/C23H24F3N5O/c24-23(25,26)18-6-4-16(5-7-18)20-12-17-14-31(22(32)30-21(17)29-20)19-8-2-15(3-9-19)13-28-11-1-10-27/h2-9,12,14,21,28-29H,1,10-11,13,27H2,(H,30,32). The van der Waals surface area contributed by atoms with E-state index in [-0.39, 0.29) is 6.03 Å². The van der Waals surface area contributed by atoms with Gasteiger partial charge in [0.15, 0.2) is 0 Å². The molecule has 168 valence electrons. The van der Waals surface area contributed by atoms with E-state index in [0.29, 0.717) is 17.8 Å². The van der Waals surface area contributed by atoms with Crippen LogP contribution in [0.3, 0.4) is 0 Å². The number of hydrogen-bond acceptors (Lipinski definition) is 4. The maximum Gasteiger partial charge on any atom is 0.416 e. The topological polar surface area (TPSA) is 82.4 Å². The van der Waals surface area contributed by atoms with Crippen LogP contribution in [0.1, 0.15) is 23.1 Å². The molecule has 0 spiro atoms. The van der Waals surface area contributed by atoms with Gasteiger partial charge in [0.05, 0.1) is 11.3 Å². The number of urea groups is 1. The molecule has 2 heterocycles. The molecule has 0 aromatic heterocycles. The highest BCUT2D eigenvalue weighted by Gasteiger charge is 2.32. The summed E-state index contributed by atoms with van der Waals surface area (Å²) >= 11 is 0. The molecule has 0 saturated carbocycles. The Morgan fingerprint density at radius 2 is 1.75 bits per heavy atom. The molecular formula is C23H24F3N5O. The monoisotopic (exact) mass is 443 g/mol. The first-order chi connectivity index (χ1) is 15.3. The first-order valence-corrected chi connectivity index (χ1v) is 10.3. The van der Waals surface area contributed by atoms with Crippen LogP contribution in [0.25, 0.3) is 5.70 Å². The van der Waals surface area contributed by atoms with E-state index < -0.39 is 17.9 Å². The molecule has 1 atom stereocenters. The van der Waals surface area contributed by atoms with Crippen LogP contribution in [0, 0.1) is 0 Å². The fraction of sp³-hybridized carbons (Fsp3) is 0.261. The molecule has 9 heteroatoms. The highest BCUT2D eigenvalue weighted by molar-refractivity contribution is 5.96. The number of alkyl halides is 3. The minimum atomic E-state index is -4.38. The number of fused-ring (bicyclic) bond motifs is 1. The third-order valence-corrected chi connectivity index (χ3v) is 5.33. The molecule has 5 N–H and O–H groups in total. The molecule has 1 unspecified atom stereocenters. The van der Waals surface area contributed by atoms with Gasteiger partial charge in [0.1, 0.15) is 6.17 Å². The number of amides is 2. The normalized spacial score (nSPS) is 17.9. The summed E-state index contributed by atoms with van der Waals surface area (Å²) in [6, 6.07) is 12.3. The van der Waals surface area contributed by atoms with Crippen LogP contribution in [0.4, 0.5) is 23.7 Å². The Morgan fingerprint density at radius 3 is 2.41 bits per heavy atom. The van der Waals surface area contributed by atoms with Crippen LogP contribution in [-0.4, -0.2) is 25.3 Å². The number of nitrogens with two attached hydrogens (primary N) is 1. The molecule has 2 aromatic carbocycles. The Hall–Kier alpha value is -3.30. The summed E-state index contributed by atoms with van der Waals surface area (Å²) in [5.41, 5.74) is 8.67. The lowest BCUT2D eigenvalue weighted by Gasteiger charge is -2.29. The lowest BCUT2D eigenvalue weighted by atomic mass is 10.1. The second kappa shape index (κ2) is 9.05. The van der Waals surface area contributed by atoms with Gasteiger partial charge in [-0.15, -0.1) is 0 Å². The average Bonchev–Trinajstić information content (AvgIpc) is 3.19. The van der Waals surface area contributed by atoms with Gasteiger partial charge < -0.3 is 21.7 Å². The molecule has 0 aliphatic carbocycles. The molecule has 2 aromatic rings. The molecule has 0 saturated heterocycles. The number of carbonyl (C=O) groups is 1. The van der Waals surface area contributed by atoms with Crippen molar-refractivity contribution >= 4 is 17.4 Å². The van der Waals surface area contributed by atoms with E-state index in [1.165, 1.54) is 17.0 Å². The van der Waals surface area contributed by atoms with Crippen LogP contribution >= 0.6 is 0 Å². The van der Waals surface area contributed by atoms with Crippen molar-refractivity contribution in [2.24, 2.45) is 5.73 Å². The minimum absolute atomic E-state index is 0.290. The molecule has 32 heavy (non-hydrogen) atoms. The highest BCUT2D eigenvalue weighted by atomic mass is 19.4. The largest absolute Gasteiger partial charge is 0.416 e.